The highest BCUT2D eigenvalue weighted by Gasteiger charge is 1.95. The molecule has 0 heterocycles. The van der Waals surface area contributed by atoms with Crippen molar-refractivity contribution in [3.8, 4) is 0 Å². The lowest BCUT2D eigenvalue weighted by molar-refractivity contribution is -0.143. The quantitative estimate of drug-likeness (QED) is 0.373. The Hall–Kier alpha value is -0.860. The minimum absolute atomic E-state index is 0.0880. The van der Waals surface area contributed by atoms with E-state index in [1.165, 1.54) is 12.8 Å². The van der Waals surface area contributed by atoms with Gasteiger partial charge in [0.15, 0.2) is 0 Å². The summed E-state index contributed by atoms with van der Waals surface area (Å²) in [6.07, 6.45) is 6.61. The highest BCUT2D eigenvalue weighted by Crippen LogP contribution is 1.94. The van der Waals surface area contributed by atoms with E-state index in [9.17, 15) is 9.59 Å². The molecule has 0 aliphatic rings. The third-order valence-electron chi connectivity index (χ3n) is 1.68. The molecule has 15 heavy (non-hydrogen) atoms. The van der Waals surface area contributed by atoms with Crippen molar-refractivity contribution in [1.82, 2.24) is 0 Å². The van der Waals surface area contributed by atoms with Gasteiger partial charge >= 0.3 is 5.97 Å². The lowest BCUT2D eigenvalue weighted by atomic mass is 10.2. The third kappa shape index (κ3) is 19.5. The summed E-state index contributed by atoms with van der Waals surface area (Å²) in [5, 5.41) is 0. The fraction of sp³-hybridized carbons (Fsp3) is 0.833. The van der Waals surface area contributed by atoms with Crippen molar-refractivity contribution in [2.24, 2.45) is 0 Å². The molecule has 0 spiro atoms. The summed E-state index contributed by atoms with van der Waals surface area (Å²) >= 11 is 0. The Bertz CT molecular complexity index is 136. The van der Waals surface area contributed by atoms with E-state index in [1.54, 1.807) is 0 Å². The smallest absolute Gasteiger partial charge is 0.305 e. The van der Waals surface area contributed by atoms with Gasteiger partial charge in [0.05, 0.1) is 6.61 Å². The SMILES string of the molecule is CCCC(=O)OCC.CCCCCC=O. The number of rotatable bonds is 7. The van der Waals surface area contributed by atoms with Crippen molar-refractivity contribution >= 4 is 12.3 Å². The molecule has 0 fully saturated rings. The second kappa shape index (κ2) is 15.6. The zero-order chi connectivity index (χ0) is 11.9. The maximum absolute atomic E-state index is 10.4. The average molecular weight is 216 g/mol. The molecule has 0 atom stereocenters. The molecule has 0 aromatic carbocycles. The molecule has 0 saturated carbocycles. The minimum atomic E-state index is -0.0880. The number of hydrogen-bond acceptors (Lipinski definition) is 3. The van der Waals surface area contributed by atoms with Crippen LogP contribution in [0.3, 0.4) is 0 Å². The Labute approximate surface area is 93.2 Å². The van der Waals surface area contributed by atoms with E-state index < -0.39 is 0 Å². The summed E-state index contributed by atoms with van der Waals surface area (Å²) in [7, 11) is 0. The van der Waals surface area contributed by atoms with Crippen LogP contribution >= 0.6 is 0 Å². The molecule has 0 unspecified atom stereocenters. The Morgan fingerprint density at radius 3 is 2.20 bits per heavy atom. The van der Waals surface area contributed by atoms with Crippen molar-refractivity contribution in [3.63, 3.8) is 0 Å². The first kappa shape index (κ1) is 16.6. The summed E-state index contributed by atoms with van der Waals surface area (Å²) in [5.74, 6) is -0.0880. The molecule has 3 nitrogen and oxygen atoms in total. The van der Waals surface area contributed by atoms with Crippen LogP contribution in [-0.4, -0.2) is 18.9 Å². The van der Waals surface area contributed by atoms with Gasteiger partial charge in [-0.3, -0.25) is 4.79 Å². The topological polar surface area (TPSA) is 43.4 Å². The van der Waals surface area contributed by atoms with Crippen LogP contribution in [0, 0.1) is 0 Å². The molecule has 0 aliphatic carbocycles. The lowest BCUT2D eigenvalue weighted by Crippen LogP contribution is -2.01. The van der Waals surface area contributed by atoms with Gasteiger partial charge in [-0.25, -0.2) is 0 Å². The molecular formula is C12H24O3. The van der Waals surface area contributed by atoms with Crippen LogP contribution in [-0.2, 0) is 14.3 Å². The largest absolute Gasteiger partial charge is 0.466 e. The monoisotopic (exact) mass is 216 g/mol. The number of ether oxygens (including phenoxy) is 1. The van der Waals surface area contributed by atoms with Crippen LogP contribution in [0.1, 0.15) is 59.3 Å². The minimum Gasteiger partial charge on any atom is -0.466 e. The van der Waals surface area contributed by atoms with E-state index in [2.05, 4.69) is 11.7 Å². The molecule has 90 valence electrons. The summed E-state index contributed by atoms with van der Waals surface area (Å²) in [6.45, 7) is 6.40. The number of carbonyl (C=O) groups is 2. The number of aldehydes is 1. The third-order valence-corrected chi connectivity index (χ3v) is 1.68. The Kier molecular flexibility index (Phi) is 17.2. The highest BCUT2D eigenvalue weighted by molar-refractivity contribution is 5.69. The van der Waals surface area contributed by atoms with Gasteiger partial charge < -0.3 is 9.53 Å². The maximum Gasteiger partial charge on any atom is 0.305 e. The van der Waals surface area contributed by atoms with Gasteiger partial charge in [-0.05, 0) is 19.8 Å². The molecule has 0 aromatic heterocycles. The lowest BCUT2D eigenvalue weighted by Gasteiger charge is -1.96. The normalized spacial score (nSPS) is 8.73. The fourth-order valence-corrected chi connectivity index (χ4v) is 0.915. The number of esters is 1. The van der Waals surface area contributed by atoms with Gasteiger partial charge in [0.1, 0.15) is 6.29 Å². The van der Waals surface area contributed by atoms with E-state index in [0.717, 1.165) is 25.5 Å². The van der Waals surface area contributed by atoms with Gasteiger partial charge in [0.2, 0.25) is 0 Å². The predicted molar refractivity (Wildman–Crippen MR) is 61.7 cm³/mol. The van der Waals surface area contributed by atoms with Crippen molar-refractivity contribution in [3.05, 3.63) is 0 Å². The van der Waals surface area contributed by atoms with Gasteiger partial charge in [0.25, 0.3) is 0 Å². The molecular weight excluding hydrogens is 192 g/mol. The first-order valence-corrected chi connectivity index (χ1v) is 5.82. The van der Waals surface area contributed by atoms with Crippen LogP contribution in [0.25, 0.3) is 0 Å². The standard InChI is InChI=1S/C6H12O2.C6H12O/c1-3-5-6(7)8-4-2;1-2-3-4-5-6-7/h3-5H2,1-2H3;6H,2-5H2,1H3. The van der Waals surface area contributed by atoms with Crippen molar-refractivity contribution in [1.29, 1.82) is 0 Å². The molecule has 0 amide bonds. The Morgan fingerprint density at radius 1 is 1.13 bits per heavy atom. The van der Waals surface area contributed by atoms with E-state index >= 15 is 0 Å². The first-order chi connectivity index (χ1) is 7.22. The Morgan fingerprint density at radius 2 is 1.80 bits per heavy atom. The summed E-state index contributed by atoms with van der Waals surface area (Å²) < 4.78 is 4.64. The second-order valence-electron chi connectivity index (χ2n) is 3.22. The number of carbonyl (C=O) groups excluding carboxylic acids is 2. The van der Waals surface area contributed by atoms with E-state index in [4.69, 9.17) is 0 Å². The Balaban J connectivity index is 0. The second-order valence-corrected chi connectivity index (χ2v) is 3.22. The van der Waals surface area contributed by atoms with Crippen LogP contribution in [0.5, 0.6) is 0 Å². The van der Waals surface area contributed by atoms with Gasteiger partial charge in [-0.2, -0.15) is 0 Å². The van der Waals surface area contributed by atoms with Gasteiger partial charge in [-0.1, -0.05) is 26.7 Å². The van der Waals surface area contributed by atoms with Crippen LogP contribution in [0.4, 0.5) is 0 Å². The summed E-state index contributed by atoms with van der Waals surface area (Å²) in [6, 6.07) is 0. The van der Waals surface area contributed by atoms with Gasteiger partial charge in [0, 0.05) is 12.8 Å². The molecule has 0 N–H and O–H groups in total. The number of unbranched alkanes of at least 4 members (excludes halogenated alkanes) is 3. The van der Waals surface area contributed by atoms with E-state index in [-0.39, 0.29) is 5.97 Å². The zero-order valence-electron chi connectivity index (χ0n) is 10.3. The van der Waals surface area contributed by atoms with Crippen molar-refractivity contribution in [2.75, 3.05) is 6.61 Å². The first-order valence-electron chi connectivity index (χ1n) is 5.82. The maximum atomic E-state index is 10.4. The van der Waals surface area contributed by atoms with Crippen LogP contribution in [0.15, 0.2) is 0 Å². The summed E-state index contributed by atoms with van der Waals surface area (Å²) in [4.78, 5) is 20.1. The van der Waals surface area contributed by atoms with Crippen molar-refractivity contribution < 1.29 is 14.3 Å². The molecule has 3 heteroatoms. The molecule has 0 aromatic rings. The molecule has 0 radical (unpaired) electrons. The van der Waals surface area contributed by atoms with Crippen molar-refractivity contribution in [2.45, 2.75) is 59.3 Å². The van der Waals surface area contributed by atoms with Crippen LogP contribution in [0.2, 0.25) is 0 Å². The van der Waals surface area contributed by atoms with Gasteiger partial charge in [-0.15, -0.1) is 0 Å². The summed E-state index contributed by atoms with van der Waals surface area (Å²) in [5.41, 5.74) is 0. The number of hydrogen-bond donors (Lipinski definition) is 0. The van der Waals surface area contributed by atoms with Crippen LogP contribution < -0.4 is 0 Å². The zero-order valence-corrected chi connectivity index (χ0v) is 10.3. The highest BCUT2D eigenvalue weighted by atomic mass is 16.5. The average Bonchev–Trinajstić information content (AvgIpc) is 2.20. The molecule has 0 rings (SSSR count). The molecule has 0 saturated heterocycles. The predicted octanol–water partition coefficient (Wildman–Crippen LogP) is 3.12. The molecule has 0 aliphatic heterocycles. The fourth-order valence-electron chi connectivity index (χ4n) is 0.915. The van der Waals surface area contributed by atoms with E-state index in [0.29, 0.717) is 13.0 Å². The molecule has 0 bridgehead atoms. The van der Waals surface area contributed by atoms with E-state index in [1.807, 2.05) is 13.8 Å².